The first kappa shape index (κ1) is 14.0. The second-order valence-electron chi connectivity index (χ2n) is 5.28. The van der Waals surface area contributed by atoms with Gasteiger partial charge in [0.15, 0.2) is 4.77 Å². The number of benzene rings is 1. The van der Waals surface area contributed by atoms with E-state index in [1.54, 1.807) is 7.11 Å². The second kappa shape index (κ2) is 5.82. The Morgan fingerprint density at radius 1 is 1.35 bits per heavy atom. The first-order valence-corrected chi connectivity index (χ1v) is 8.76. The fourth-order valence-corrected chi connectivity index (χ4v) is 4.58. The van der Waals surface area contributed by atoms with Crippen molar-refractivity contribution in [3.05, 3.63) is 23.0 Å². The highest BCUT2D eigenvalue weighted by Gasteiger charge is 2.27. The smallest absolute Gasteiger partial charge is 0.178 e. The summed E-state index contributed by atoms with van der Waals surface area (Å²) in [5, 5.41) is 0.653. The van der Waals surface area contributed by atoms with Crippen LogP contribution in [0.1, 0.15) is 31.7 Å². The molecule has 0 aliphatic heterocycles. The maximum Gasteiger partial charge on any atom is 0.178 e. The zero-order valence-electron chi connectivity index (χ0n) is 11.9. The molecule has 0 spiro atoms. The molecule has 1 aliphatic carbocycles. The first-order valence-electron chi connectivity index (χ1n) is 7.06. The fourth-order valence-electron chi connectivity index (χ4n) is 3.27. The van der Waals surface area contributed by atoms with Crippen molar-refractivity contribution in [2.45, 2.75) is 37.0 Å². The molecular weight excluding hydrogens is 288 g/mol. The Morgan fingerprint density at radius 2 is 2.15 bits per heavy atom. The Morgan fingerprint density at radius 3 is 2.90 bits per heavy atom. The first-order chi connectivity index (χ1) is 9.76. The van der Waals surface area contributed by atoms with Crippen LogP contribution in [0, 0.1) is 4.77 Å². The van der Waals surface area contributed by atoms with Crippen molar-refractivity contribution < 1.29 is 4.74 Å². The summed E-state index contributed by atoms with van der Waals surface area (Å²) in [4.78, 5) is 3.33. The molecule has 1 fully saturated rings. The molecule has 2 aromatic rings. The summed E-state index contributed by atoms with van der Waals surface area (Å²) in [6.45, 7) is 0. The number of para-hydroxylation sites is 1. The van der Waals surface area contributed by atoms with Crippen LogP contribution >= 0.6 is 24.0 Å². The van der Waals surface area contributed by atoms with Gasteiger partial charge in [-0.05, 0) is 43.4 Å². The number of ether oxygens (including phenoxy) is 1. The number of methoxy groups -OCH3 is 1. The number of nitrogens with one attached hydrogen (secondary N) is 1. The number of imidazole rings is 1. The Kier molecular flexibility index (Phi) is 4.08. The number of H-pyrrole nitrogens is 1. The van der Waals surface area contributed by atoms with Gasteiger partial charge in [-0.2, -0.15) is 11.8 Å². The summed E-state index contributed by atoms with van der Waals surface area (Å²) >= 11 is 7.55. The van der Waals surface area contributed by atoms with Crippen molar-refractivity contribution >= 4 is 35.0 Å². The van der Waals surface area contributed by atoms with Crippen molar-refractivity contribution in [1.29, 1.82) is 0 Å². The van der Waals surface area contributed by atoms with E-state index in [-0.39, 0.29) is 0 Å². The van der Waals surface area contributed by atoms with Gasteiger partial charge in [-0.15, -0.1) is 0 Å². The summed E-state index contributed by atoms with van der Waals surface area (Å²) in [6.07, 6.45) is 7.33. The minimum atomic E-state index is 0.493. The zero-order chi connectivity index (χ0) is 14.1. The Hall–Kier alpha value is -0.940. The van der Waals surface area contributed by atoms with Crippen LogP contribution in [0.25, 0.3) is 11.0 Å². The third kappa shape index (κ3) is 2.27. The third-order valence-corrected chi connectivity index (χ3v) is 5.69. The van der Waals surface area contributed by atoms with E-state index in [0.717, 1.165) is 16.0 Å². The normalized spacial score (nSPS) is 23.1. The van der Waals surface area contributed by atoms with Crippen LogP contribution in [0.5, 0.6) is 5.75 Å². The van der Waals surface area contributed by atoms with Crippen LogP contribution in [0.15, 0.2) is 18.2 Å². The quantitative estimate of drug-likeness (QED) is 0.843. The maximum absolute atomic E-state index is 5.58. The molecular formula is C15H20N2OS2. The lowest BCUT2D eigenvalue weighted by Crippen LogP contribution is -2.25. The summed E-state index contributed by atoms with van der Waals surface area (Å²) < 4.78 is 8.57. The molecule has 3 nitrogen and oxygen atoms in total. The Balaban J connectivity index is 2.15. The van der Waals surface area contributed by atoms with Crippen molar-refractivity contribution in [2.75, 3.05) is 13.4 Å². The molecule has 1 heterocycles. The predicted molar refractivity (Wildman–Crippen MR) is 88.5 cm³/mol. The molecule has 2 atom stereocenters. The SMILES string of the molecule is COc1cccc2c1[nH]c(=S)n2C1CCCCC1SC. The van der Waals surface area contributed by atoms with Gasteiger partial charge in [0.25, 0.3) is 0 Å². The number of rotatable bonds is 3. The lowest BCUT2D eigenvalue weighted by molar-refractivity contribution is 0.369. The standard InChI is InChI=1S/C15H20N2OS2/c1-18-12-8-5-7-11-14(12)16-15(19)17(11)10-6-3-4-9-13(10)20-2/h5,7-8,10,13H,3-4,6,9H2,1-2H3,(H,16,19). The molecule has 0 amide bonds. The van der Waals surface area contributed by atoms with Gasteiger partial charge in [0, 0.05) is 11.3 Å². The highest BCUT2D eigenvalue weighted by atomic mass is 32.2. The molecule has 1 aromatic heterocycles. The maximum atomic E-state index is 5.58. The third-order valence-electron chi connectivity index (χ3n) is 4.24. The highest BCUT2D eigenvalue weighted by molar-refractivity contribution is 7.99. The molecule has 3 rings (SSSR count). The van der Waals surface area contributed by atoms with Crippen molar-refractivity contribution in [3.63, 3.8) is 0 Å². The summed E-state index contributed by atoms with van der Waals surface area (Å²) in [5.74, 6) is 0.865. The number of aromatic amines is 1. The van der Waals surface area contributed by atoms with E-state index in [9.17, 15) is 0 Å². The number of aromatic nitrogens is 2. The van der Waals surface area contributed by atoms with E-state index in [0.29, 0.717) is 11.3 Å². The Bertz CT molecular complexity index is 661. The van der Waals surface area contributed by atoms with E-state index in [4.69, 9.17) is 17.0 Å². The van der Waals surface area contributed by atoms with Crippen LogP contribution in [-0.2, 0) is 0 Å². The molecule has 0 bridgehead atoms. The molecule has 1 aromatic carbocycles. The molecule has 0 saturated heterocycles. The van der Waals surface area contributed by atoms with E-state index in [1.807, 2.05) is 23.9 Å². The number of fused-ring (bicyclic) bond motifs is 1. The van der Waals surface area contributed by atoms with Crippen LogP contribution in [0.4, 0.5) is 0 Å². The zero-order valence-corrected chi connectivity index (χ0v) is 13.5. The number of nitrogens with zero attached hydrogens (tertiary/aromatic N) is 1. The number of hydrogen-bond donors (Lipinski definition) is 1. The molecule has 5 heteroatoms. The summed E-state index contributed by atoms with van der Waals surface area (Å²) in [5.41, 5.74) is 2.19. The summed E-state index contributed by atoms with van der Waals surface area (Å²) in [6, 6.07) is 6.64. The van der Waals surface area contributed by atoms with Gasteiger partial charge >= 0.3 is 0 Å². The molecule has 1 saturated carbocycles. The molecule has 0 radical (unpaired) electrons. The average Bonchev–Trinajstić information content (AvgIpc) is 2.82. The number of hydrogen-bond acceptors (Lipinski definition) is 3. The van der Waals surface area contributed by atoms with Gasteiger partial charge < -0.3 is 14.3 Å². The topological polar surface area (TPSA) is 29.9 Å². The van der Waals surface area contributed by atoms with Crippen molar-refractivity contribution in [3.8, 4) is 5.75 Å². The van der Waals surface area contributed by atoms with Gasteiger partial charge in [0.1, 0.15) is 11.3 Å². The summed E-state index contributed by atoms with van der Waals surface area (Å²) in [7, 11) is 1.70. The predicted octanol–water partition coefficient (Wildman–Crippen LogP) is 4.55. The lowest BCUT2D eigenvalue weighted by Gasteiger charge is -2.31. The average molecular weight is 308 g/mol. The van der Waals surface area contributed by atoms with E-state index < -0.39 is 0 Å². The lowest BCUT2D eigenvalue weighted by atomic mass is 9.94. The second-order valence-corrected chi connectivity index (χ2v) is 6.74. The fraction of sp³-hybridized carbons (Fsp3) is 0.533. The number of thioether (sulfide) groups is 1. The Labute approximate surface area is 128 Å². The van der Waals surface area contributed by atoms with Gasteiger partial charge in [-0.25, -0.2) is 0 Å². The minimum absolute atomic E-state index is 0.493. The van der Waals surface area contributed by atoms with Gasteiger partial charge in [0.05, 0.1) is 12.6 Å². The van der Waals surface area contributed by atoms with Gasteiger partial charge in [-0.1, -0.05) is 18.9 Å². The minimum Gasteiger partial charge on any atom is -0.494 e. The largest absolute Gasteiger partial charge is 0.494 e. The van der Waals surface area contributed by atoms with E-state index >= 15 is 0 Å². The molecule has 108 valence electrons. The van der Waals surface area contributed by atoms with Crippen LogP contribution in [-0.4, -0.2) is 28.2 Å². The molecule has 20 heavy (non-hydrogen) atoms. The highest BCUT2D eigenvalue weighted by Crippen LogP contribution is 2.38. The monoisotopic (exact) mass is 308 g/mol. The molecule has 1 aliphatic rings. The van der Waals surface area contributed by atoms with Crippen LogP contribution < -0.4 is 4.74 Å². The van der Waals surface area contributed by atoms with E-state index in [1.165, 1.54) is 31.2 Å². The molecule has 2 unspecified atom stereocenters. The van der Waals surface area contributed by atoms with Crippen LogP contribution in [0.2, 0.25) is 0 Å². The van der Waals surface area contributed by atoms with E-state index in [2.05, 4.69) is 21.9 Å². The van der Waals surface area contributed by atoms with Crippen molar-refractivity contribution in [1.82, 2.24) is 9.55 Å². The van der Waals surface area contributed by atoms with Gasteiger partial charge in [0.2, 0.25) is 0 Å². The molecule has 1 N–H and O–H groups in total. The van der Waals surface area contributed by atoms with Gasteiger partial charge in [-0.3, -0.25) is 0 Å². The van der Waals surface area contributed by atoms with Crippen LogP contribution in [0.3, 0.4) is 0 Å². The van der Waals surface area contributed by atoms with Crippen molar-refractivity contribution in [2.24, 2.45) is 0 Å².